The van der Waals surface area contributed by atoms with E-state index in [1.807, 2.05) is 13.8 Å². The fourth-order valence-corrected chi connectivity index (χ4v) is 2.05. The summed E-state index contributed by atoms with van der Waals surface area (Å²) in [4.78, 5) is 23.4. The average molecular weight is 317 g/mol. The second kappa shape index (κ2) is 8.12. The molecule has 0 fully saturated rings. The van der Waals surface area contributed by atoms with Crippen LogP contribution in [0.25, 0.3) is 0 Å². The fourth-order valence-electron chi connectivity index (χ4n) is 1.75. The van der Waals surface area contributed by atoms with Crippen molar-refractivity contribution in [2.45, 2.75) is 26.7 Å². The highest BCUT2D eigenvalue weighted by atomic mass is 35.5. The summed E-state index contributed by atoms with van der Waals surface area (Å²) >= 11 is 11.6. The van der Waals surface area contributed by atoms with Gasteiger partial charge in [0.05, 0.1) is 16.6 Å². The molecule has 0 saturated carbocycles. The SMILES string of the molecule is CCC(CC)C(=O)NCC(=O)Nc1ccc(Cl)c(Cl)c1. The van der Waals surface area contributed by atoms with Crippen LogP contribution in [0.2, 0.25) is 10.0 Å². The maximum atomic E-state index is 11.7. The van der Waals surface area contributed by atoms with E-state index in [1.165, 1.54) is 0 Å². The topological polar surface area (TPSA) is 58.2 Å². The predicted octanol–water partition coefficient (Wildman–Crippen LogP) is 3.48. The number of amides is 2. The minimum atomic E-state index is -0.303. The molecule has 0 unspecified atom stereocenters. The van der Waals surface area contributed by atoms with Crippen LogP contribution in [0.5, 0.6) is 0 Å². The molecule has 2 N–H and O–H groups in total. The summed E-state index contributed by atoms with van der Waals surface area (Å²) in [7, 11) is 0. The molecule has 1 aromatic carbocycles. The van der Waals surface area contributed by atoms with Crippen molar-refractivity contribution in [3.8, 4) is 0 Å². The largest absolute Gasteiger partial charge is 0.347 e. The van der Waals surface area contributed by atoms with Crippen molar-refractivity contribution in [3.05, 3.63) is 28.2 Å². The molecule has 4 nitrogen and oxygen atoms in total. The third-order valence-corrected chi connectivity index (χ3v) is 3.72. The van der Waals surface area contributed by atoms with Crippen LogP contribution >= 0.6 is 23.2 Å². The Morgan fingerprint density at radius 1 is 1.15 bits per heavy atom. The number of carbonyl (C=O) groups excluding carboxylic acids is 2. The Morgan fingerprint density at radius 2 is 1.80 bits per heavy atom. The lowest BCUT2D eigenvalue weighted by Gasteiger charge is -2.12. The quantitative estimate of drug-likeness (QED) is 0.844. The summed E-state index contributed by atoms with van der Waals surface area (Å²) in [5.41, 5.74) is 0.543. The number of halogens is 2. The van der Waals surface area contributed by atoms with E-state index >= 15 is 0 Å². The van der Waals surface area contributed by atoms with Crippen LogP contribution in [-0.4, -0.2) is 18.4 Å². The van der Waals surface area contributed by atoms with Gasteiger partial charge in [0.25, 0.3) is 0 Å². The molecule has 0 aliphatic carbocycles. The van der Waals surface area contributed by atoms with Gasteiger partial charge in [0.2, 0.25) is 11.8 Å². The molecule has 20 heavy (non-hydrogen) atoms. The van der Waals surface area contributed by atoms with Gasteiger partial charge in [-0.25, -0.2) is 0 Å². The van der Waals surface area contributed by atoms with Crippen LogP contribution in [0.4, 0.5) is 5.69 Å². The zero-order chi connectivity index (χ0) is 15.1. The molecule has 1 rings (SSSR count). The molecule has 0 radical (unpaired) electrons. The van der Waals surface area contributed by atoms with Gasteiger partial charge >= 0.3 is 0 Å². The Balaban J connectivity index is 2.47. The first-order chi connectivity index (χ1) is 9.47. The summed E-state index contributed by atoms with van der Waals surface area (Å²) in [6, 6.07) is 4.81. The summed E-state index contributed by atoms with van der Waals surface area (Å²) in [6.07, 6.45) is 1.52. The first-order valence-electron chi connectivity index (χ1n) is 6.50. The van der Waals surface area contributed by atoms with E-state index in [1.54, 1.807) is 18.2 Å². The van der Waals surface area contributed by atoms with Crippen molar-refractivity contribution in [1.29, 1.82) is 0 Å². The van der Waals surface area contributed by atoms with Crippen LogP contribution in [0.15, 0.2) is 18.2 Å². The Labute approximate surface area is 128 Å². The Bertz CT molecular complexity index is 488. The van der Waals surface area contributed by atoms with Gasteiger partial charge in [-0.3, -0.25) is 9.59 Å². The monoisotopic (exact) mass is 316 g/mol. The maximum Gasteiger partial charge on any atom is 0.243 e. The first-order valence-corrected chi connectivity index (χ1v) is 7.26. The number of benzene rings is 1. The standard InChI is InChI=1S/C14H18Cl2N2O2/c1-3-9(4-2)14(20)17-8-13(19)18-10-5-6-11(15)12(16)7-10/h5-7,9H,3-4,8H2,1-2H3,(H,17,20)(H,18,19). The molecule has 6 heteroatoms. The van der Waals surface area contributed by atoms with Crippen molar-refractivity contribution < 1.29 is 9.59 Å². The lowest BCUT2D eigenvalue weighted by atomic mass is 10.0. The number of nitrogens with one attached hydrogen (secondary N) is 2. The minimum Gasteiger partial charge on any atom is -0.347 e. The molecule has 0 spiro atoms. The zero-order valence-corrected chi connectivity index (χ0v) is 13.0. The van der Waals surface area contributed by atoms with Crippen molar-refractivity contribution in [2.24, 2.45) is 5.92 Å². The van der Waals surface area contributed by atoms with Crippen LogP contribution < -0.4 is 10.6 Å². The third kappa shape index (κ3) is 5.02. The average Bonchev–Trinajstić information content (AvgIpc) is 2.42. The molecule has 0 aliphatic rings. The molecule has 0 atom stereocenters. The van der Waals surface area contributed by atoms with E-state index in [-0.39, 0.29) is 24.3 Å². The summed E-state index contributed by atoms with van der Waals surface area (Å²) in [6.45, 7) is 3.84. The molecule has 1 aromatic rings. The first kappa shape index (κ1) is 16.8. The summed E-state index contributed by atoms with van der Waals surface area (Å²) in [5, 5.41) is 6.05. The molecule has 0 saturated heterocycles. The Kier molecular flexibility index (Phi) is 6.82. The van der Waals surface area contributed by atoms with Gasteiger partial charge in [-0.2, -0.15) is 0 Å². The van der Waals surface area contributed by atoms with Crippen LogP contribution in [-0.2, 0) is 9.59 Å². The second-order valence-corrected chi connectivity index (χ2v) is 5.22. The lowest BCUT2D eigenvalue weighted by Crippen LogP contribution is -2.36. The number of carbonyl (C=O) groups is 2. The predicted molar refractivity (Wildman–Crippen MR) is 82.2 cm³/mol. The third-order valence-electron chi connectivity index (χ3n) is 2.98. The van der Waals surface area contributed by atoms with E-state index in [4.69, 9.17) is 23.2 Å². The van der Waals surface area contributed by atoms with Crippen molar-refractivity contribution in [1.82, 2.24) is 5.32 Å². The summed E-state index contributed by atoms with van der Waals surface area (Å²) in [5.74, 6) is -0.449. The van der Waals surface area contributed by atoms with Crippen LogP contribution in [0, 0.1) is 5.92 Å². The zero-order valence-electron chi connectivity index (χ0n) is 11.5. The van der Waals surface area contributed by atoms with Crippen molar-refractivity contribution in [3.63, 3.8) is 0 Å². The second-order valence-electron chi connectivity index (χ2n) is 4.41. The van der Waals surface area contributed by atoms with E-state index in [0.717, 1.165) is 12.8 Å². The highest BCUT2D eigenvalue weighted by Crippen LogP contribution is 2.24. The van der Waals surface area contributed by atoms with Gasteiger partial charge in [-0.05, 0) is 31.0 Å². The van der Waals surface area contributed by atoms with Crippen molar-refractivity contribution >= 4 is 40.7 Å². The van der Waals surface area contributed by atoms with E-state index in [0.29, 0.717) is 15.7 Å². The lowest BCUT2D eigenvalue weighted by molar-refractivity contribution is -0.127. The Hall–Kier alpha value is -1.26. The van der Waals surface area contributed by atoms with Gasteiger partial charge < -0.3 is 10.6 Å². The molecule has 0 heterocycles. The van der Waals surface area contributed by atoms with E-state index in [2.05, 4.69) is 10.6 Å². The van der Waals surface area contributed by atoms with Crippen LogP contribution in [0.1, 0.15) is 26.7 Å². The van der Waals surface area contributed by atoms with Gasteiger partial charge in [0.1, 0.15) is 0 Å². The van der Waals surface area contributed by atoms with Gasteiger partial charge in [-0.1, -0.05) is 37.0 Å². The highest BCUT2D eigenvalue weighted by molar-refractivity contribution is 6.42. The number of anilines is 1. The number of hydrogen-bond acceptors (Lipinski definition) is 2. The number of hydrogen-bond donors (Lipinski definition) is 2. The van der Waals surface area contributed by atoms with E-state index in [9.17, 15) is 9.59 Å². The minimum absolute atomic E-state index is 0.0484. The smallest absolute Gasteiger partial charge is 0.243 e. The van der Waals surface area contributed by atoms with E-state index < -0.39 is 0 Å². The highest BCUT2D eigenvalue weighted by Gasteiger charge is 2.14. The molecular formula is C14H18Cl2N2O2. The number of rotatable bonds is 6. The molecule has 0 bridgehead atoms. The molecule has 2 amide bonds. The molecule has 0 aliphatic heterocycles. The van der Waals surface area contributed by atoms with Gasteiger partial charge in [0, 0.05) is 11.6 Å². The fraction of sp³-hybridized carbons (Fsp3) is 0.429. The molecule has 110 valence electrons. The normalized spacial score (nSPS) is 10.4. The molecular weight excluding hydrogens is 299 g/mol. The van der Waals surface area contributed by atoms with Crippen LogP contribution in [0.3, 0.4) is 0 Å². The Morgan fingerprint density at radius 3 is 2.35 bits per heavy atom. The van der Waals surface area contributed by atoms with Crippen molar-refractivity contribution in [2.75, 3.05) is 11.9 Å². The molecule has 0 aromatic heterocycles. The van der Waals surface area contributed by atoms with Gasteiger partial charge in [0.15, 0.2) is 0 Å². The summed E-state index contributed by atoms with van der Waals surface area (Å²) < 4.78 is 0. The maximum absolute atomic E-state index is 11.7. The van der Waals surface area contributed by atoms with Gasteiger partial charge in [-0.15, -0.1) is 0 Å².